The molecule has 10 heteroatoms. The van der Waals surface area contributed by atoms with Crippen LogP contribution in [0.5, 0.6) is 5.75 Å². The SMILES string of the molecule is CS(=O)(=O)NC(=O)[C@H]1C[C@H](Oc2cc(Br)ccc2-c2cc(=O)c3cccc(Cl)c3o2)C1. The number of rotatable bonds is 5. The van der Waals surface area contributed by atoms with Crippen LogP contribution in [0.15, 0.2) is 56.1 Å². The minimum absolute atomic E-state index is 0.228. The minimum Gasteiger partial charge on any atom is -0.490 e. The number of nitrogens with one attached hydrogen (secondary N) is 1. The quantitative estimate of drug-likeness (QED) is 0.537. The minimum atomic E-state index is -3.59. The standard InChI is InChI=1S/C21H17BrClNO6S/c1-31(27,28)24-21(26)11-7-13(8-11)29-18-9-12(22)5-6-15(18)19-10-17(25)14-3-2-4-16(23)20(14)30-19/h2-6,9-11,13H,7-8H2,1H3,(H,24,26)/t11-,13-. The predicted molar refractivity (Wildman–Crippen MR) is 121 cm³/mol. The van der Waals surface area contributed by atoms with Gasteiger partial charge in [0.05, 0.1) is 22.2 Å². The van der Waals surface area contributed by atoms with E-state index in [1.54, 1.807) is 36.4 Å². The van der Waals surface area contributed by atoms with Crippen LogP contribution in [0.4, 0.5) is 0 Å². The molecule has 0 saturated heterocycles. The van der Waals surface area contributed by atoms with Crippen molar-refractivity contribution in [2.75, 3.05) is 6.26 Å². The number of hydrogen-bond donors (Lipinski definition) is 1. The molecule has 1 aromatic heterocycles. The van der Waals surface area contributed by atoms with Gasteiger partial charge >= 0.3 is 0 Å². The summed E-state index contributed by atoms with van der Waals surface area (Å²) in [4.78, 5) is 24.5. The van der Waals surface area contributed by atoms with Crippen LogP contribution in [0.25, 0.3) is 22.3 Å². The molecule has 1 N–H and O–H groups in total. The Labute approximate surface area is 191 Å². The van der Waals surface area contributed by atoms with Crippen molar-refractivity contribution >= 4 is 54.4 Å². The lowest BCUT2D eigenvalue weighted by Gasteiger charge is -2.34. The molecule has 2 aromatic carbocycles. The fraction of sp³-hybridized carbons (Fsp3) is 0.238. The Morgan fingerprint density at radius 2 is 1.97 bits per heavy atom. The summed E-state index contributed by atoms with van der Waals surface area (Å²) in [5, 5.41) is 0.712. The van der Waals surface area contributed by atoms with Crippen molar-refractivity contribution in [2.24, 2.45) is 5.92 Å². The number of benzene rings is 2. The second-order valence-electron chi connectivity index (χ2n) is 7.38. The molecule has 1 heterocycles. The summed E-state index contributed by atoms with van der Waals surface area (Å²) in [5.74, 6) is -0.200. The molecule has 1 saturated carbocycles. The monoisotopic (exact) mass is 525 g/mol. The van der Waals surface area contributed by atoms with Gasteiger partial charge in [-0.25, -0.2) is 8.42 Å². The van der Waals surface area contributed by atoms with Gasteiger partial charge in [-0.05, 0) is 43.2 Å². The number of halogens is 2. The molecule has 0 aliphatic heterocycles. The first-order chi connectivity index (χ1) is 14.6. The number of carbonyl (C=O) groups excluding carboxylic acids is 1. The Hall–Kier alpha value is -2.36. The molecule has 31 heavy (non-hydrogen) atoms. The molecule has 1 aliphatic carbocycles. The van der Waals surface area contributed by atoms with Crippen LogP contribution >= 0.6 is 27.5 Å². The van der Waals surface area contributed by atoms with E-state index >= 15 is 0 Å². The molecular formula is C21H17BrClNO6S. The topological polar surface area (TPSA) is 103 Å². The fourth-order valence-corrected chi connectivity index (χ4v) is 4.48. The number of ether oxygens (including phenoxy) is 1. The number of fused-ring (bicyclic) bond motifs is 1. The van der Waals surface area contributed by atoms with Crippen molar-refractivity contribution in [1.29, 1.82) is 0 Å². The Balaban J connectivity index is 1.60. The highest BCUT2D eigenvalue weighted by atomic mass is 79.9. The normalized spacial score (nSPS) is 18.4. The van der Waals surface area contributed by atoms with E-state index < -0.39 is 21.8 Å². The van der Waals surface area contributed by atoms with Crippen LogP contribution in [0.2, 0.25) is 5.02 Å². The molecule has 0 atom stereocenters. The average molecular weight is 527 g/mol. The lowest BCUT2D eigenvalue weighted by atomic mass is 9.82. The highest BCUT2D eigenvalue weighted by molar-refractivity contribution is 9.10. The third kappa shape index (κ3) is 4.78. The van der Waals surface area contributed by atoms with Crippen LogP contribution in [0.3, 0.4) is 0 Å². The Bertz CT molecular complexity index is 1350. The Kier molecular flexibility index (Phi) is 5.85. The Morgan fingerprint density at radius 3 is 2.68 bits per heavy atom. The maximum Gasteiger partial charge on any atom is 0.236 e. The zero-order valence-electron chi connectivity index (χ0n) is 16.2. The highest BCUT2D eigenvalue weighted by Crippen LogP contribution is 2.38. The van der Waals surface area contributed by atoms with Crippen molar-refractivity contribution in [3.8, 4) is 17.1 Å². The van der Waals surface area contributed by atoms with E-state index in [0.717, 1.165) is 10.7 Å². The van der Waals surface area contributed by atoms with Gasteiger partial charge in [-0.15, -0.1) is 0 Å². The maximum atomic E-state index is 12.6. The largest absolute Gasteiger partial charge is 0.490 e. The average Bonchev–Trinajstić information content (AvgIpc) is 2.63. The van der Waals surface area contributed by atoms with Crippen molar-refractivity contribution in [3.63, 3.8) is 0 Å². The van der Waals surface area contributed by atoms with E-state index in [0.29, 0.717) is 45.9 Å². The molecule has 1 amide bonds. The van der Waals surface area contributed by atoms with Gasteiger partial charge in [-0.1, -0.05) is 33.6 Å². The van der Waals surface area contributed by atoms with Crippen molar-refractivity contribution in [2.45, 2.75) is 18.9 Å². The first kappa shape index (κ1) is 21.9. The van der Waals surface area contributed by atoms with Crippen LogP contribution in [-0.2, 0) is 14.8 Å². The van der Waals surface area contributed by atoms with E-state index in [4.69, 9.17) is 20.8 Å². The van der Waals surface area contributed by atoms with Gasteiger partial charge in [0.1, 0.15) is 17.6 Å². The third-order valence-electron chi connectivity index (χ3n) is 4.96. The van der Waals surface area contributed by atoms with Crippen molar-refractivity contribution in [3.05, 3.63) is 62.2 Å². The van der Waals surface area contributed by atoms with E-state index in [1.807, 2.05) is 4.72 Å². The van der Waals surface area contributed by atoms with Crippen molar-refractivity contribution < 1.29 is 22.4 Å². The van der Waals surface area contributed by atoms with E-state index in [9.17, 15) is 18.0 Å². The molecule has 162 valence electrons. The summed E-state index contributed by atoms with van der Waals surface area (Å²) in [6, 6.07) is 11.7. The molecule has 4 rings (SSSR count). The van der Waals surface area contributed by atoms with Gasteiger partial charge in [0, 0.05) is 16.5 Å². The highest BCUT2D eigenvalue weighted by Gasteiger charge is 2.37. The summed E-state index contributed by atoms with van der Waals surface area (Å²) in [5.41, 5.74) is 0.626. The second-order valence-corrected chi connectivity index (χ2v) is 10.4. The first-order valence-corrected chi connectivity index (χ1v) is 12.4. The zero-order valence-corrected chi connectivity index (χ0v) is 19.4. The third-order valence-corrected chi connectivity index (χ3v) is 6.32. The van der Waals surface area contributed by atoms with Crippen LogP contribution in [0, 0.1) is 5.92 Å². The van der Waals surface area contributed by atoms with Gasteiger partial charge in [-0.3, -0.25) is 14.3 Å². The van der Waals surface area contributed by atoms with Gasteiger partial charge in [-0.2, -0.15) is 0 Å². The molecule has 0 unspecified atom stereocenters. The van der Waals surface area contributed by atoms with Crippen molar-refractivity contribution in [1.82, 2.24) is 4.72 Å². The van der Waals surface area contributed by atoms with Gasteiger partial charge in [0.25, 0.3) is 0 Å². The van der Waals surface area contributed by atoms with Gasteiger partial charge < -0.3 is 9.15 Å². The van der Waals surface area contributed by atoms with E-state index in [1.165, 1.54) is 6.07 Å². The van der Waals surface area contributed by atoms with E-state index in [2.05, 4.69) is 15.9 Å². The molecule has 1 fully saturated rings. The fourth-order valence-electron chi connectivity index (χ4n) is 3.39. The molecule has 1 aliphatic rings. The summed E-state index contributed by atoms with van der Waals surface area (Å²) in [6.45, 7) is 0. The van der Waals surface area contributed by atoms with Crippen LogP contribution in [-0.4, -0.2) is 26.7 Å². The summed E-state index contributed by atoms with van der Waals surface area (Å²) < 4.78 is 37.2. The molecule has 3 aromatic rings. The summed E-state index contributed by atoms with van der Waals surface area (Å²) >= 11 is 9.62. The summed E-state index contributed by atoms with van der Waals surface area (Å²) in [6.07, 6.45) is 1.41. The van der Waals surface area contributed by atoms with Gasteiger partial charge in [0.2, 0.25) is 15.9 Å². The van der Waals surface area contributed by atoms with Gasteiger partial charge in [0.15, 0.2) is 11.0 Å². The maximum absolute atomic E-state index is 12.6. The molecule has 0 spiro atoms. The van der Waals surface area contributed by atoms with E-state index in [-0.39, 0.29) is 11.5 Å². The van der Waals surface area contributed by atoms with Crippen LogP contribution in [0.1, 0.15) is 12.8 Å². The second kappa shape index (κ2) is 8.29. The number of hydrogen-bond acceptors (Lipinski definition) is 6. The zero-order chi connectivity index (χ0) is 22.3. The summed E-state index contributed by atoms with van der Waals surface area (Å²) in [7, 11) is -3.59. The molecule has 7 nitrogen and oxygen atoms in total. The number of carbonyl (C=O) groups is 1. The number of para-hydroxylation sites is 1. The molecule has 0 radical (unpaired) electrons. The van der Waals surface area contributed by atoms with Crippen LogP contribution < -0.4 is 14.9 Å². The smallest absolute Gasteiger partial charge is 0.236 e. The predicted octanol–water partition coefficient (Wildman–Crippen LogP) is 4.11. The molecular weight excluding hydrogens is 510 g/mol. The lowest BCUT2D eigenvalue weighted by molar-refractivity contribution is -0.128. The number of amides is 1. The Morgan fingerprint density at radius 1 is 1.23 bits per heavy atom. The number of sulfonamides is 1. The lowest BCUT2D eigenvalue weighted by Crippen LogP contribution is -2.45. The first-order valence-electron chi connectivity index (χ1n) is 9.31. The molecule has 0 bridgehead atoms.